The normalized spacial score (nSPS) is 14.7. The number of aliphatic hydroxyl groups excluding tert-OH is 1. The summed E-state index contributed by atoms with van der Waals surface area (Å²) in [6.45, 7) is 9.59. The van der Waals surface area contributed by atoms with E-state index in [0.717, 1.165) is 11.8 Å². The van der Waals surface area contributed by atoms with Crippen LogP contribution in [0, 0.1) is 17.8 Å². The predicted octanol–water partition coefficient (Wildman–Crippen LogP) is 10.1. The highest BCUT2D eigenvalue weighted by molar-refractivity contribution is 4.63. The molecule has 0 spiro atoms. The minimum Gasteiger partial charge on any atom is -0.396 e. The molecule has 182 valence electrons. The molecule has 0 rings (SSSR count). The Morgan fingerprint density at radius 2 is 0.767 bits per heavy atom. The van der Waals surface area contributed by atoms with E-state index >= 15 is 0 Å². The van der Waals surface area contributed by atoms with Crippen LogP contribution in [-0.2, 0) is 0 Å². The first kappa shape index (κ1) is 30.0. The minimum absolute atomic E-state index is 0.345. The molecule has 3 unspecified atom stereocenters. The molecule has 0 aliphatic carbocycles. The molecule has 1 heteroatoms. The van der Waals surface area contributed by atoms with Crippen molar-refractivity contribution >= 4 is 0 Å². The summed E-state index contributed by atoms with van der Waals surface area (Å²) in [5, 5.41) is 9.19. The van der Waals surface area contributed by atoms with Gasteiger partial charge >= 0.3 is 0 Å². The molecule has 0 bridgehead atoms. The van der Waals surface area contributed by atoms with Crippen LogP contribution in [0.4, 0.5) is 0 Å². The van der Waals surface area contributed by atoms with Crippen molar-refractivity contribution in [2.45, 2.75) is 163 Å². The Labute approximate surface area is 192 Å². The third-order valence-electron chi connectivity index (χ3n) is 6.97. The second kappa shape index (κ2) is 23.6. The van der Waals surface area contributed by atoms with Crippen molar-refractivity contribution in [3.63, 3.8) is 0 Å². The highest BCUT2D eigenvalue weighted by Gasteiger charge is 2.11. The van der Waals surface area contributed by atoms with E-state index in [0.29, 0.717) is 12.5 Å². The van der Waals surface area contributed by atoms with E-state index in [9.17, 15) is 5.11 Å². The molecule has 3 atom stereocenters. The Balaban J connectivity index is 3.20. The molecular weight excluding hydrogens is 364 g/mol. The molecule has 0 heterocycles. The molecule has 0 saturated carbocycles. The van der Waals surface area contributed by atoms with Crippen LogP contribution in [0.2, 0.25) is 0 Å². The molecule has 0 amide bonds. The van der Waals surface area contributed by atoms with E-state index < -0.39 is 0 Å². The van der Waals surface area contributed by atoms with Crippen LogP contribution in [0.5, 0.6) is 0 Å². The van der Waals surface area contributed by atoms with Gasteiger partial charge in [0.05, 0.1) is 0 Å². The third kappa shape index (κ3) is 22.6. The maximum Gasteiger partial charge on any atom is 0.0456 e. The van der Waals surface area contributed by atoms with E-state index in [1.165, 1.54) is 135 Å². The second-order valence-corrected chi connectivity index (χ2v) is 10.8. The van der Waals surface area contributed by atoms with Gasteiger partial charge in [0.1, 0.15) is 0 Å². The maximum absolute atomic E-state index is 9.19. The zero-order valence-electron chi connectivity index (χ0n) is 21.7. The lowest BCUT2D eigenvalue weighted by atomic mass is 9.87. The van der Waals surface area contributed by atoms with E-state index in [-0.39, 0.29) is 0 Å². The van der Waals surface area contributed by atoms with Gasteiger partial charge in [-0.3, -0.25) is 0 Å². The van der Waals surface area contributed by atoms with Crippen molar-refractivity contribution in [2.75, 3.05) is 6.61 Å². The highest BCUT2D eigenvalue weighted by atomic mass is 16.3. The lowest BCUT2D eigenvalue weighted by molar-refractivity contribution is 0.206. The molecule has 0 fully saturated rings. The van der Waals surface area contributed by atoms with Gasteiger partial charge in [-0.25, -0.2) is 0 Å². The monoisotopic (exact) mass is 424 g/mol. The standard InChI is InChI=1S/C29H60O/c1-5-6-7-8-9-10-11-12-13-14-15-16-17-18-19-20-21-22-23-27(2)24-28(3)25-29(4)26-30/h27-30H,5-26H2,1-4H3. The molecule has 1 nitrogen and oxygen atoms in total. The highest BCUT2D eigenvalue weighted by Crippen LogP contribution is 2.23. The van der Waals surface area contributed by atoms with Gasteiger partial charge in [0, 0.05) is 6.61 Å². The van der Waals surface area contributed by atoms with E-state index in [2.05, 4.69) is 27.7 Å². The summed E-state index contributed by atoms with van der Waals surface area (Å²) in [6, 6.07) is 0. The van der Waals surface area contributed by atoms with Crippen LogP contribution in [0.1, 0.15) is 163 Å². The first-order chi connectivity index (χ1) is 14.6. The van der Waals surface area contributed by atoms with E-state index in [1.54, 1.807) is 0 Å². The summed E-state index contributed by atoms with van der Waals surface area (Å²) in [4.78, 5) is 0. The van der Waals surface area contributed by atoms with Crippen LogP contribution in [0.25, 0.3) is 0 Å². The Kier molecular flexibility index (Phi) is 23.6. The largest absolute Gasteiger partial charge is 0.396 e. The fourth-order valence-corrected chi connectivity index (χ4v) is 5.06. The van der Waals surface area contributed by atoms with Gasteiger partial charge in [0.25, 0.3) is 0 Å². The number of hydrogen-bond donors (Lipinski definition) is 1. The molecule has 0 aromatic rings. The van der Waals surface area contributed by atoms with Crippen molar-refractivity contribution in [1.29, 1.82) is 0 Å². The summed E-state index contributed by atoms with van der Waals surface area (Å²) in [7, 11) is 0. The van der Waals surface area contributed by atoms with Gasteiger partial charge in [-0.15, -0.1) is 0 Å². The van der Waals surface area contributed by atoms with Crippen molar-refractivity contribution in [3.8, 4) is 0 Å². The van der Waals surface area contributed by atoms with Gasteiger partial charge < -0.3 is 5.11 Å². The third-order valence-corrected chi connectivity index (χ3v) is 6.97. The van der Waals surface area contributed by atoms with Gasteiger partial charge in [-0.2, -0.15) is 0 Å². The molecular formula is C29H60O. The zero-order valence-corrected chi connectivity index (χ0v) is 21.7. The first-order valence-electron chi connectivity index (χ1n) is 14.2. The maximum atomic E-state index is 9.19. The summed E-state index contributed by atoms with van der Waals surface area (Å²) < 4.78 is 0. The zero-order chi connectivity index (χ0) is 22.3. The smallest absolute Gasteiger partial charge is 0.0456 e. The van der Waals surface area contributed by atoms with Gasteiger partial charge in [-0.1, -0.05) is 150 Å². The number of aliphatic hydroxyl groups is 1. The van der Waals surface area contributed by atoms with Crippen LogP contribution in [0.15, 0.2) is 0 Å². The Morgan fingerprint density at radius 1 is 0.433 bits per heavy atom. The van der Waals surface area contributed by atoms with Gasteiger partial charge in [0.15, 0.2) is 0 Å². The molecule has 0 radical (unpaired) electrons. The van der Waals surface area contributed by atoms with Crippen molar-refractivity contribution in [2.24, 2.45) is 17.8 Å². The Morgan fingerprint density at radius 3 is 1.13 bits per heavy atom. The molecule has 0 aromatic heterocycles. The fourth-order valence-electron chi connectivity index (χ4n) is 5.06. The van der Waals surface area contributed by atoms with Crippen LogP contribution >= 0.6 is 0 Å². The molecule has 0 aliphatic rings. The molecule has 0 aromatic carbocycles. The summed E-state index contributed by atoms with van der Waals surface area (Å²) in [6.07, 6.45) is 30.1. The van der Waals surface area contributed by atoms with Gasteiger partial charge in [-0.05, 0) is 30.6 Å². The SMILES string of the molecule is CCCCCCCCCCCCCCCCCCCCC(C)CC(C)CC(C)CO. The lowest BCUT2D eigenvalue weighted by Crippen LogP contribution is -2.10. The average Bonchev–Trinajstić information content (AvgIpc) is 2.72. The second-order valence-electron chi connectivity index (χ2n) is 10.8. The van der Waals surface area contributed by atoms with Crippen molar-refractivity contribution < 1.29 is 5.11 Å². The van der Waals surface area contributed by atoms with Crippen molar-refractivity contribution in [1.82, 2.24) is 0 Å². The number of rotatable bonds is 24. The summed E-state index contributed by atoms with van der Waals surface area (Å²) >= 11 is 0. The Bertz CT molecular complexity index is 313. The lowest BCUT2D eigenvalue weighted by Gasteiger charge is -2.19. The number of unbranched alkanes of at least 4 members (excludes halogenated alkanes) is 17. The molecule has 30 heavy (non-hydrogen) atoms. The summed E-state index contributed by atoms with van der Waals surface area (Å²) in [5.41, 5.74) is 0. The predicted molar refractivity (Wildman–Crippen MR) is 137 cm³/mol. The van der Waals surface area contributed by atoms with Crippen LogP contribution in [-0.4, -0.2) is 11.7 Å². The average molecular weight is 425 g/mol. The van der Waals surface area contributed by atoms with Crippen LogP contribution in [0.3, 0.4) is 0 Å². The van der Waals surface area contributed by atoms with E-state index in [1.807, 2.05) is 0 Å². The minimum atomic E-state index is 0.345. The number of hydrogen-bond acceptors (Lipinski definition) is 1. The topological polar surface area (TPSA) is 20.2 Å². The molecule has 0 saturated heterocycles. The Hall–Kier alpha value is -0.0400. The fraction of sp³-hybridized carbons (Fsp3) is 1.00. The van der Waals surface area contributed by atoms with Crippen molar-refractivity contribution in [3.05, 3.63) is 0 Å². The van der Waals surface area contributed by atoms with E-state index in [4.69, 9.17) is 0 Å². The molecule has 0 aliphatic heterocycles. The first-order valence-corrected chi connectivity index (χ1v) is 14.2. The quantitative estimate of drug-likeness (QED) is 0.153. The van der Waals surface area contributed by atoms with Crippen LogP contribution < -0.4 is 0 Å². The molecule has 1 N–H and O–H groups in total. The van der Waals surface area contributed by atoms with Gasteiger partial charge in [0.2, 0.25) is 0 Å². The summed E-state index contributed by atoms with van der Waals surface area (Å²) in [5.74, 6) is 2.09.